The molecule has 0 bridgehead atoms. The van der Waals surface area contributed by atoms with E-state index >= 15 is 0 Å². The Morgan fingerprint density at radius 1 is 0.500 bits per heavy atom. The van der Waals surface area contributed by atoms with Crippen LogP contribution in [0.15, 0.2) is 12.4 Å². The van der Waals surface area contributed by atoms with E-state index < -0.39 is 0 Å². The van der Waals surface area contributed by atoms with Gasteiger partial charge in [0.05, 0.1) is 13.1 Å². The van der Waals surface area contributed by atoms with Gasteiger partial charge >= 0.3 is 0 Å². The van der Waals surface area contributed by atoms with Gasteiger partial charge in [-0.25, -0.2) is 9.13 Å². The molecule has 0 aliphatic rings. The highest BCUT2D eigenvalue weighted by Crippen LogP contribution is 2.14. The Morgan fingerprint density at radius 3 is 1.38 bits per heavy atom. The van der Waals surface area contributed by atoms with E-state index in [1.165, 1.54) is 167 Å². The van der Waals surface area contributed by atoms with Gasteiger partial charge in [-0.2, -0.15) is 0 Å². The van der Waals surface area contributed by atoms with E-state index in [-0.39, 0.29) is 0 Å². The van der Waals surface area contributed by atoms with Crippen LogP contribution in [0.1, 0.15) is 174 Å². The van der Waals surface area contributed by atoms with Crippen LogP contribution in [-0.4, -0.2) is 4.57 Å². The molecule has 0 fully saturated rings. The summed E-state index contributed by atoms with van der Waals surface area (Å²) in [5, 5.41) is 0. The van der Waals surface area contributed by atoms with Gasteiger partial charge in [0, 0.05) is 6.42 Å². The van der Waals surface area contributed by atoms with Crippen molar-refractivity contribution in [3.8, 4) is 0 Å². The second-order valence-corrected chi connectivity index (χ2v) is 10.9. The van der Waals surface area contributed by atoms with Gasteiger partial charge in [0.25, 0.3) is 5.82 Å². The number of rotatable bonds is 26. The Balaban J connectivity index is 2.01. The molecule has 200 valence electrons. The largest absolute Gasteiger partial charge is 0.256 e. The van der Waals surface area contributed by atoms with Crippen molar-refractivity contribution in [1.82, 2.24) is 4.57 Å². The van der Waals surface area contributed by atoms with Crippen LogP contribution in [0.5, 0.6) is 0 Å². The van der Waals surface area contributed by atoms with Gasteiger partial charge in [-0.1, -0.05) is 143 Å². The van der Waals surface area contributed by atoms with Gasteiger partial charge in [-0.3, -0.25) is 0 Å². The van der Waals surface area contributed by atoms with E-state index in [1.807, 2.05) is 0 Å². The fourth-order valence-electron chi connectivity index (χ4n) is 5.24. The zero-order valence-electron chi connectivity index (χ0n) is 23.9. The average molecular weight is 476 g/mol. The van der Waals surface area contributed by atoms with E-state index in [9.17, 15) is 0 Å². The number of imidazole rings is 1. The lowest BCUT2D eigenvalue weighted by atomic mass is 10.0. The Kier molecular flexibility index (Phi) is 22.0. The van der Waals surface area contributed by atoms with Gasteiger partial charge in [-0.05, 0) is 25.7 Å². The maximum atomic E-state index is 2.58. The lowest BCUT2D eigenvalue weighted by Gasteiger charge is -2.06. The maximum absolute atomic E-state index is 2.58. The highest BCUT2D eigenvalue weighted by atomic mass is 15.1. The quantitative estimate of drug-likeness (QED) is 0.0930. The predicted octanol–water partition coefficient (Wildman–Crippen LogP) is 10.4. The van der Waals surface area contributed by atoms with Crippen LogP contribution in [0.4, 0.5) is 0 Å². The Hall–Kier alpha value is -0.790. The number of hydrogen-bond acceptors (Lipinski definition) is 0. The van der Waals surface area contributed by atoms with Crippen LogP contribution in [0.3, 0.4) is 0 Å². The van der Waals surface area contributed by atoms with Crippen LogP contribution in [-0.2, 0) is 19.5 Å². The normalized spacial score (nSPS) is 11.5. The first-order valence-electron chi connectivity index (χ1n) is 15.9. The Morgan fingerprint density at radius 2 is 0.912 bits per heavy atom. The zero-order valence-corrected chi connectivity index (χ0v) is 23.9. The summed E-state index contributed by atoms with van der Waals surface area (Å²) in [4.78, 5) is 0. The molecule has 0 saturated carbocycles. The molecule has 34 heavy (non-hydrogen) atoms. The topological polar surface area (TPSA) is 8.81 Å². The van der Waals surface area contributed by atoms with Gasteiger partial charge in [0.1, 0.15) is 12.4 Å². The highest BCUT2D eigenvalue weighted by molar-refractivity contribution is 4.84. The summed E-state index contributed by atoms with van der Waals surface area (Å²) in [5.74, 6) is 1.58. The smallest absolute Gasteiger partial charge is 0.234 e. The van der Waals surface area contributed by atoms with Crippen LogP contribution in [0.2, 0.25) is 0 Å². The van der Waals surface area contributed by atoms with E-state index in [2.05, 4.69) is 42.3 Å². The number of nitrogens with zero attached hydrogens (tertiary/aromatic N) is 2. The minimum absolute atomic E-state index is 1.20. The summed E-state index contributed by atoms with van der Waals surface area (Å²) in [6.45, 7) is 9.34. The summed E-state index contributed by atoms with van der Waals surface area (Å²) in [5.41, 5.74) is 0. The summed E-state index contributed by atoms with van der Waals surface area (Å²) in [7, 11) is 0. The second-order valence-electron chi connectivity index (χ2n) is 10.9. The van der Waals surface area contributed by atoms with Crippen molar-refractivity contribution in [3.05, 3.63) is 18.2 Å². The molecule has 2 heteroatoms. The molecule has 1 rings (SSSR count). The van der Waals surface area contributed by atoms with Gasteiger partial charge < -0.3 is 0 Å². The number of unbranched alkanes of at least 4 members (excludes halogenated alkanes) is 20. The maximum Gasteiger partial charge on any atom is 0.256 e. The molecule has 0 unspecified atom stereocenters. The lowest BCUT2D eigenvalue weighted by Crippen LogP contribution is -2.37. The van der Waals surface area contributed by atoms with Crippen LogP contribution in [0.25, 0.3) is 0 Å². The van der Waals surface area contributed by atoms with Crippen molar-refractivity contribution in [3.63, 3.8) is 0 Å². The molecule has 0 radical (unpaired) electrons. The molecule has 1 aromatic heterocycles. The van der Waals surface area contributed by atoms with Crippen molar-refractivity contribution < 1.29 is 4.57 Å². The first kappa shape index (κ1) is 31.2. The van der Waals surface area contributed by atoms with Crippen molar-refractivity contribution in [1.29, 1.82) is 0 Å². The van der Waals surface area contributed by atoms with Gasteiger partial charge in [-0.15, -0.1) is 0 Å². The summed E-state index contributed by atoms with van der Waals surface area (Å²) in [6, 6.07) is 0. The molecular formula is C32H63N2+. The SMILES string of the molecule is CCCCCCCCCCCCCCCCCCC[n+]1ccn(CCCC)c1CCCCCC. The van der Waals surface area contributed by atoms with Crippen molar-refractivity contribution in [2.75, 3.05) is 0 Å². The van der Waals surface area contributed by atoms with Gasteiger partial charge in [0.15, 0.2) is 0 Å². The molecule has 0 atom stereocenters. The number of hydrogen-bond donors (Lipinski definition) is 0. The fourth-order valence-corrected chi connectivity index (χ4v) is 5.24. The Labute approximate surface area is 215 Å². The molecule has 0 aliphatic carbocycles. The van der Waals surface area contributed by atoms with Gasteiger partial charge in [0.2, 0.25) is 0 Å². The minimum atomic E-state index is 1.20. The van der Waals surface area contributed by atoms with Crippen molar-refractivity contribution in [2.45, 2.75) is 188 Å². The zero-order chi connectivity index (χ0) is 24.5. The molecule has 0 N–H and O–H groups in total. The molecule has 0 saturated heterocycles. The monoisotopic (exact) mass is 475 g/mol. The van der Waals surface area contributed by atoms with Crippen LogP contribution >= 0.6 is 0 Å². The van der Waals surface area contributed by atoms with Crippen molar-refractivity contribution in [2.24, 2.45) is 0 Å². The standard InChI is InChI=1S/C32H63N2/c1-4-7-10-12-13-14-15-16-17-18-19-20-21-22-23-24-26-29-34-31-30-33(28-9-6-3)32(34)27-25-11-8-5-2/h30-31H,4-29H2,1-3H3/q+1. The third-order valence-electron chi connectivity index (χ3n) is 7.60. The fraction of sp³-hybridized carbons (Fsp3) is 0.906. The minimum Gasteiger partial charge on any atom is -0.234 e. The molecule has 1 heterocycles. The second kappa shape index (κ2) is 23.9. The summed E-state index contributed by atoms with van der Waals surface area (Å²) >= 11 is 0. The van der Waals surface area contributed by atoms with E-state index in [4.69, 9.17) is 0 Å². The molecule has 0 spiro atoms. The number of aryl methyl sites for hydroxylation is 2. The molecule has 1 aromatic rings. The molecular weight excluding hydrogens is 412 g/mol. The highest BCUT2D eigenvalue weighted by Gasteiger charge is 2.16. The third kappa shape index (κ3) is 16.8. The van der Waals surface area contributed by atoms with Crippen LogP contribution < -0.4 is 4.57 Å². The van der Waals surface area contributed by atoms with Crippen LogP contribution in [0, 0.1) is 0 Å². The van der Waals surface area contributed by atoms with E-state index in [0.717, 1.165) is 0 Å². The first-order valence-corrected chi connectivity index (χ1v) is 15.9. The first-order chi connectivity index (χ1) is 16.8. The van der Waals surface area contributed by atoms with E-state index in [0.29, 0.717) is 0 Å². The summed E-state index contributed by atoms with van der Waals surface area (Å²) < 4.78 is 5.12. The molecule has 0 aromatic carbocycles. The van der Waals surface area contributed by atoms with E-state index in [1.54, 1.807) is 5.82 Å². The third-order valence-corrected chi connectivity index (χ3v) is 7.60. The average Bonchev–Trinajstić information content (AvgIpc) is 3.23. The molecule has 2 nitrogen and oxygen atoms in total. The Bertz CT molecular complexity index is 533. The molecule has 0 aliphatic heterocycles. The molecule has 0 amide bonds. The van der Waals surface area contributed by atoms with Crippen molar-refractivity contribution >= 4 is 0 Å². The summed E-state index contributed by atoms with van der Waals surface area (Å²) in [6.07, 6.45) is 38.6. The number of aromatic nitrogens is 2. The lowest BCUT2D eigenvalue weighted by molar-refractivity contribution is -0.704. The predicted molar refractivity (Wildman–Crippen MR) is 152 cm³/mol.